The second-order valence-electron chi connectivity index (χ2n) is 5.79. The quantitative estimate of drug-likeness (QED) is 0.755. The van der Waals surface area contributed by atoms with Gasteiger partial charge in [-0.05, 0) is 46.0 Å². The zero-order valence-electron chi connectivity index (χ0n) is 10.8. The highest BCUT2D eigenvalue weighted by atomic mass is 15.5. The monoisotopic (exact) mass is 225 g/mol. The predicted octanol–water partition coefficient (Wildman–Crippen LogP) is 2.02. The van der Waals surface area contributed by atoms with Gasteiger partial charge < -0.3 is 5.73 Å². The van der Waals surface area contributed by atoms with E-state index in [-0.39, 0.29) is 0 Å². The molecular weight excluding hydrogens is 198 g/mol. The number of nitrogens with one attached hydrogen (secondary N) is 1. The number of hydrogen-bond acceptors (Lipinski definition) is 3. The van der Waals surface area contributed by atoms with E-state index in [0.29, 0.717) is 24.2 Å². The molecule has 94 valence electrons. The number of hydrogen-bond donors (Lipinski definition) is 2. The summed E-state index contributed by atoms with van der Waals surface area (Å²) in [4.78, 5) is 0. The smallest absolute Gasteiger partial charge is 0.0230 e. The predicted molar refractivity (Wildman–Crippen MR) is 68.0 cm³/mol. The largest absolute Gasteiger partial charge is 0.328 e. The summed E-state index contributed by atoms with van der Waals surface area (Å²) in [5, 5.41) is 2.49. The molecule has 1 saturated heterocycles. The van der Waals surface area contributed by atoms with E-state index in [1.165, 1.54) is 38.5 Å². The second kappa shape index (κ2) is 5.48. The molecule has 16 heavy (non-hydrogen) atoms. The van der Waals surface area contributed by atoms with Gasteiger partial charge in [0.1, 0.15) is 0 Å². The van der Waals surface area contributed by atoms with Crippen LogP contribution in [0.5, 0.6) is 0 Å². The van der Waals surface area contributed by atoms with Crippen LogP contribution in [-0.4, -0.2) is 29.2 Å². The third kappa shape index (κ3) is 2.96. The third-order valence-corrected chi connectivity index (χ3v) is 4.24. The maximum atomic E-state index is 6.04. The Morgan fingerprint density at radius 3 is 2.25 bits per heavy atom. The first-order chi connectivity index (χ1) is 7.66. The van der Waals surface area contributed by atoms with Crippen molar-refractivity contribution in [2.45, 2.75) is 83.0 Å². The lowest BCUT2D eigenvalue weighted by Gasteiger charge is -2.42. The lowest BCUT2D eigenvalue weighted by molar-refractivity contribution is 0.0215. The average Bonchev–Trinajstić information content (AvgIpc) is 2.24. The highest BCUT2D eigenvalue weighted by Gasteiger charge is 2.28. The van der Waals surface area contributed by atoms with Gasteiger partial charge in [-0.2, -0.15) is 0 Å². The highest BCUT2D eigenvalue weighted by Crippen LogP contribution is 2.23. The van der Waals surface area contributed by atoms with Crippen molar-refractivity contribution >= 4 is 0 Å². The molecule has 0 aromatic carbocycles. The van der Waals surface area contributed by atoms with E-state index in [1.54, 1.807) is 0 Å². The van der Waals surface area contributed by atoms with Crippen LogP contribution in [0.4, 0.5) is 0 Å². The van der Waals surface area contributed by atoms with Gasteiger partial charge >= 0.3 is 0 Å². The van der Waals surface area contributed by atoms with E-state index in [2.05, 4.69) is 24.3 Å². The minimum Gasteiger partial charge on any atom is -0.328 e. The van der Waals surface area contributed by atoms with Gasteiger partial charge in [0.25, 0.3) is 0 Å². The molecule has 1 aliphatic heterocycles. The maximum absolute atomic E-state index is 6.04. The molecule has 2 aliphatic rings. The van der Waals surface area contributed by atoms with E-state index in [4.69, 9.17) is 5.73 Å². The molecule has 3 N–H and O–H groups in total. The van der Waals surface area contributed by atoms with Crippen molar-refractivity contribution in [3.8, 4) is 0 Å². The van der Waals surface area contributed by atoms with Crippen LogP contribution in [-0.2, 0) is 0 Å². The van der Waals surface area contributed by atoms with Crippen molar-refractivity contribution < 1.29 is 0 Å². The number of rotatable bonds is 2. The van der Waals surface area contributed by atoms with E-state index in [9.17, 15) is 0 Å². The first-order valence-electron chi connectivity index (χ1n) is 6.97. The highest BCUT2D eigenvalue weighted by molar-refractivity contribution is 4.83. The molecule has 1 aliphatic carbocycles. The fourth-order valence-corrected chi connectivity index (χ4v) is 3.23. The summed E-state index contributed by atoms with van der Waals surface area (Å²) in [6.45, 7) is 4.68. The molecule has 3 heteroatoms. The molecule has 4 atom stereocenters. The lowest BCUT2D eigenvalue weighted by atomic mass is 9.91. The van der Waals surface area contributed by atoms with Crippen molar-refractivity contribution in [1.29, 1.82) is 0 Å². The van der Waals surface area contributed by atoms with Gasteiger partial charge in [0.15, 0.2) is 0 Å². The van der Waals surface area contributed by atoms with Crippen molar-refractivity contribution in [2.75, 3.05) is 0 Å². The Morgan fingerprint density at radius 2 is 1.62 bits per heavy atom. The van der Waals surface area contributed by atoms with Gasteiger partial charge in [0.05, 0.1) is 0 Å². The van der Waals surface area contributed by atoms with Crippen LogP contribution in [0, 0.1) is 0 Å². The normalized spacial score (nSPS) is 42.2. The Labute approximate surface area is 99.7 Å². The van der Waals surface area contributed by atoms with Crippen LogP contribution in [0.3, 0.4) is 0 Å². The van der Waals surface area contributed by atoms with Gasteiger partial charge in [0, 0.05) is 24.2 Å². The van der Waals surface area contributed by atoms with Gasteiger partial charge in [-0.25, -0.2) is 5.01 Å². The van der Waals surface area contributed by atoms with Crippen molar-refractivity contribution in [3.63, 3.8) is 0 Å². The van der Waals surface area contributed by atoms with Gasteiger partial charge in [0.2, 0.25) is 0 Å². The molecule has 1 heterocycles. The Morgan fingerprint density at radius 1 is 1.00 bits per heavy atom. The lowest BCUT2D eigenvalue weighted by Crippen LogP contribution is -2.56. The average molecular weight is 225 g/mol. The molecule has 0 amide bonds. The molecule has 0 bridgehead atoms. The van der Waals surface area contributed by atoms with E-state index in [0.717, 1.165) is 6.42 Å². The second-order valence-corrected chi connectivity index (χ2v) is 5.79. The van der Waals surface area contributed by atoms with Gasteiger partial charge in [-0.15, -0.1) is 0 Å². The summed E-state index contributed by atoms with van der Waals surface area (Å²) >= 11 is 0. The molecule has 0 aromatic rings. The molecule has 2 rings (SSSR count). The number of hydrazine groups is 1. The summed E-state index contributed by atoms with van der Waals surface area (Å²) in [6.07, 6.45) is 8.98. The van der Waals surface area contributed by atoms with E-state index in [1.807, 2.05) is 0 Å². The van der Waals surface area contributed by atoms with Crippen LogP contribution < -0.4 is 11.2 Å². The van der Waals surface area contributed by atoms with Crippen LogP contribution in [0.15, 0.2) is 0 Å². The van der Waals surface area contributed by atoms with Crippen molar-refractivity contribution in [2.24, 2.45) is 5.73 Å². The topological polar surface area (TPSA) is 41.3 Å². The third-order valence-electron chi connectivity index (χ3n) is 4.24. The zero-order chi connectivity index (χ0) is 11.5. The molecule has 3 nitrogen and oxygen atoms in total. The fourth-order valence-electron chi connectivity index (χ4n) is 3.23. The summed E-state index contributed by atoms with van der Waals surface area (Å²) < 4.78 is 0. The molecule has 0 radical (unpaired) electrons. The number of nitrogens with two attached hydrogens (primary N) is 1. The van der Waals surface area contributed by atoms with Crippen molar-refractivity contribution in [1.82, 2.24) is 10.4 Å². The first-order valence-corrected chi connectivity index (χ1v) is 6.97. The van der Waals surface area contributed by atoms with Gasteiger partial charge in [-0.1, -0.05) is 12.8 Å². The van der Waals surface area contributed by atoms with Crippen molar-refractivity contribution in [3.05, 3.63) is 0 Å². The molecule has 2 fully saturated rings. The molecule has 1 saturated carbocycles. The SMILES string of the molecule is CC1CCCC(C)N1NC1CCCC(N)C1. The van der Waals surface area contributed by atoms with Crippen LogP contribution in [0.25, 0.3) is 0 Å². The van der Waals surface area contributed by atoms with Crippen LogP contribution in [0.2, 0.25) is 0 Å². The summed E-state index contributed by atoms with van der Waals surface area (Å²) in [7, 11) is 0. The Hall–Kier alpha value is -0.120. The minimum atomic E-state index is 0.418. The summed E-state index contributed by atoms with van der Waals surface area (Å²) in [5.74, 6) is 0. The molecule has 0 spiro atoms. The Balaban J connectivity index is 1.86. The number of piperidine rings is 1. The molecule has 4 unspecified atom stereocenters. The van der Waals surface area contributed by atoms with Crippen LogP contribution >= 0.6 is 0 Å². The maximum Gasteiger partial charge on any atom is 0.0230 e. The van der Waals surface area contributed by atoms with E-state index < -0.39 is 0 Å². The number of nitrogens with zero attached hydrogens (tertiary/aromatic N) is 1. The Kier molecular flexibility index (Phi) is 4.22. The summed E-state index contributed by atoms with van der Waals surface area (Å²) in [6, 6.07) is 2.40. The fraction of sp³-hybridized carbons (Fsp3) is 1.00. The minimum absolute atomic E-state index is 0.418. The van der Waals surface area contributed by atoms with Gasteiger partial charge in [-0.3, -0.25) is 5.43 Å². The standard InChI is InChI=1S/C13H27N3/c1-10-5-3-6-11(2)16(10)15-13-8-4-7-12(14)9-13/h10-13,15H,3-9,14H2,1-2H3. The first kappa shape index (κ1) is 12.3. The van der Waals surface area contributed by atoms with E-state index >= 15 is 0 Å². The zero-order valence-corrected chi connectivity index (χ0v) is 10.8. The summed E-state index contributed by atoms with van der Waals surface area (Å²) in [5.41, 5.74) is 9.78. The van der Waals surface area contributed by atoms with Crippen LogP contribution in [0.1, 0.15) is 58.8 Å². The molecular formula is C13H27N3. The Bertz CT molecular complexity index is 209. The molecule has 0 aromatic heterocycles.